The summed E-state index contributed by atoms with van der Waals surface area (Å²) in [5.74, 6) is -0.436. The molecule has 7 heteroatoms. The van der Waals surface area contributed by atoms with E-state index >= 15 is 0 Å². The number of rotatable bonds is 2. The third-order valence-electron chi connectivity index (χ3n) is 3.29. The SMILES string of the molecule is COC(=O)c1coc(C(=O)N2CCOc3ncc(C)cc32)c1. The lowest BCUT2D eigenvalue weighted by Gasteiger charge is -2.28. The number of pyridine rings is 1. The van der Waals surface area contributed by atoms with Crippen LogP contribution in [0, 0.1) is 6.92 Å². The van der Waals surface area contributed by atoms with Crippen LogP contribution >= 0.6 is 0 Å². The van der Waals surface area contributed by atoms with Crippen molar-refractivity contribution in [1.82, 2.24) is 4.98 Å². The summed E-state index contributed by atoms with van der Waals surface area (Å²) in [6.45, 7) is 2.61. The minimum atomic E-state index is -0.553. The molecule has 2 aromatic heterocycles. The molecule has 3 heterocycles. The van der Waals surface area contributed by atoms with Gasteiger partial charge in [-0.2, -0.15) is 0 Å². The van der Waals surface area contributed by atoms with E-state index in [1.54, 1.807) is 6.20 Å². The Bertz CT molecular complexity index is 737. The highest BCUT2D eigenvalue weighted by Gasteiger charge is 2.28. The Hall–Kier alpha value is -2.83. The van der Waals surface area contributed by atoms with E-state index in [1.807, 2.05) is 13.0 Å². The Morgan fingerprint density at radius 2 is 2.18 bits per heavy atom. The van der Waals surface area contributed by atoms with Crippen LogP contribution in [-0.2, 0) is 4.74 Å². The number of esters is 1. The third-order valence-corrected chi connectivity index (χ3v) is 3.29. The van der Waals surface area contributed by atoms with Crippen LogP contribution < -0.4 is 9.64 Å². The smallest absolute Gasteiger partial charge is 0.341 e. The average molecular weight is 302 g/mol. The molecule has 7 nitrogen and oxygen atoms in total. The van der Waals surface area contributed by atoms with Crippen molar-refractivity contribution in [3.63, 3.8) is 0 Å². The van der Waals surface area contributed by atoms with Crippen molar-refractivity contribution in [3.05, 3.63) is 41.5 Å². The maximum Gasteiger partial charge on any atom is 0.341 e. The minimum absolute atomic E-state index is 0.0646. The first-order valence-corrected chi connectivity index (χ1v) is 6.68. The van der Waals surface area contributed by atoms with E-state index in [9.17, 15) is 9.59 Å². The first-order valence-electron chi connectivity index (χ1n) is 6.68. The highest BCUT2D eigenvalue weighted by atomic mass is 16.5. The van der Waals surface area contributed by atoms with Crippen molar-refractivity contribution in [2.45, 2.75) is 6.92 Å². The lowest BCUT2D eigenvalue weighted by atomic mass is 10.2. The fourth-order valence-corrected chi connectivity index (χ4v) is 2.22. The fraction of sp³-hybridized carbons (Fsp3) is 0.267. The molecule has 0 atom stereocenters. The lowest BCUT2D eigenvalue weighted by Crippen LogP contribution is -2.38. The summed E-state index contributed by atoms with van der Waals surface area (Å²) in [6, 6.07) is 3.19. The molecule has 3 rings (SSSR count). The summed E-state index contributed by atoms with van der Waals surface area (Å²) in [5.41, 5.74) is 1.70. The van der Waals surface area contributed by atoms with Gasteiger partial charge in [0.15, 0.2) is 5.76 Å². The topological polar surface area (TPSA) is 81.9 Å². The van der Waals surface area contributed by atoms with E-state index < -0.39 is 5.97 Å². The van der Waals surface area contributed by atoms with Gasteiger partial charge in [-0.3, -0.25) is 9.69 Å². The normalized spacial score (nSPS) is 13.3. The zero-order valence-electron chi connectivity index (χ0n) is 12.2. The molecule has 0 aliphatic carbocycles. The Kier molecular flexibility index (Phi) is 3.54. The number of amides is 1. The Balaban J connectivity index is 1.92. The number of methoxy groups -OCH3 is 1. The van der Waals surface area contributed by atoms with Gasteiger partial charge in [0, 0.05) is 12.3 Å². The summed E-state index contributed by atoms with van der Waals surface area (Å²) in [5, 5.41) is 0. The molecule has 0 saturated heterocycles. The number of carbonyl (C=O) groups excluding carboxylic acids is 2. The molecule has 22 heavy (non-hydrogen) atoms. The monoisotopic (exact) mass is 302 g/mol. The van der Waals surface area contributed by atoms with Crippen molar-refractivity contribution < 1.29 is 23.5 Å². The van der Waals surface area contributed by atoms with Crippen LogP contribution in [0.2, 0.25) is 0 Å². The molecule has 114 valence electrons. The van der Waals surface area contributed by atoms with Crippen LogP contribution in [0.3, 0.4) is 0 Å². The fourth-order valence-electron chi connectivity index (χ4n) is 2.22. The molecule has 0 aromatic carbocycles. The number of carbonyl (C=O) groups is 2. The number of hydrogen-bond donors (Lipinski definition) is 0. The molecular weight excluding hydrogens is 288 g/mol. The highest BCUT2D eigenvalue weighted by molar-refractivity contribution is 6.06. The van der Waals surface area contributed by atoms with Gasteiger partial charge in [0.1, 0.15) is 18.6 Å². The molecule has 0 fully saturated rings. The van der Waals surface area contributed by atoms with Crippen LogP contribution in [-0.4, -0.2) is 37.1 Å². The molecule has 1 aliphatic rings. The second-order valence-corrected chi connectivity index (χ2v) is 4.83. The van der Waals surface area contributed by atoms with Gasteiger partial charge in [0.2, 0.25) is 5.88 Å². The Labute approximate surface area is 126 Å². The average Bonchev–Trinajstić information content (AvgIpc) is 3.02. The molecule has 2 aromatic rings. The van der Waals surface area contributed by atoms with Gasteiger partial charge in [0.25, 0.3) is 5.91 Å². The van der Waals surface area contributed by atoms with Gasteiger partial charge >= 0.3 is 5.97 Å². The zero-order valence-corrected chi connectivity index (χ0v) is 12.2. The van der Waals surface area contributed by atoms with Crippen molar-refractivity contribution >= 4 is 17.6 Å². The van der Waals surface area contributed by atoms with Gasteiger partial charge in [-0.05, 0) is 18.6 Å². The van der Waals surface area contributed by atoms with E-state index in [4.69, 9.17) is 9.15 Å². The van der Waals surface area contributed by atoms with Gasteiger partial charge in [-0.15, -0.1) is 0 Å². The molecule has 0 spiro atoms. The van der Waals surface area contributed by atoms with E-state index in [-0.39, 0.29) is 17.2 Å². The Morgan fingerprint density at radius 3 is 2.95 bits per heavy atom. The first kappa shape index (κ1) is 14.1. The second kappa shape index (κ2) is 5.51. The molecule has 0 bridgehead atoms. The number of nitrogens with zero attached hydrogens (tertiary/aromatic N) is 2. The van der Waals surface area contributed by atoms with Gasteiger partial charge in [-0.25, -0.2) is 9.78 Å². The molecule has 0 radical (unpaired) electrons. The van der Waals surface area contributed by atoms with Gasteiger partial charge in [-0.1, -0.05) is 0 Å². The van der Waals surface area contributed by atoms with Crippen molar-refractivity contribution in [3.8, 4) is 5.88 Å². The van der Waals surface area contributed by atoms with Crippen molar-refractivity contribution in [2.75, 3.05) is 25.2 Å². The third kappa shape index (κ3) is 2.41. The summed E-state index contributed by atoms with van der Waals surface area (Å²) in [6.07, 6.45) is 2.88. The number of furan rings is 1. The van der Waals surface area contributed by atoms with Crippen molar-refractivity contribution in [1.29, 1.82) is 0 Å². The Morgan fingerprint density at radius 1 is 1.36 bits per heavy atom. The first-order chi connectivity index (χ1) is 10.6. The maximum absolute atomic E-state index is 12.6. The van der Waals surface area contributed by atoms with E-state index in [1.165, 1.54) is 24.3 Å². The highest BCUT2D eigenvalue weighted by Crippen LogP contribution is 2.31. The van der Waals surface area contributed by atoms with Gasteiger partial charge in [0.05, 0.1) is 19.2 Å². The van der Waals surface area contributed by atoms with E-state index in [0.29, 0.717) is 24.7 Å². The summed E-state index contributed by atoms with van der Waals surface area (Å²) < 4.78 is 15.2. The molecular formula is C15H14N2O5. The number of fused-ring (bicyclic) bond motifs is 1. The van der Waals surface area contributed by atoms with Crippen LogP contribution in [0.5, 0.6) is 5.88 Å². The van der Waals surface area contributed by atoms with E-state index in [2.05, 4.69) is 9.72 Å². The van der Waals surface area contributed by atoms with Crippen LogP contribution in [0.15, 0.2) is 29.0 Å². The van der Waals surface area contributed by atoms with Crippen molar-refractivity contribution in [2.24, 2.45) is 0 Å². The summed E-state index contributed by atoms with van der Waals surface area (Å²) in [7, 11) is 1.27. The quantitative estimate of drug-likeness (QED) is 0.787. The molecule has 0 unspecified atom stereocenters. The lowest BCUT2D eigenvalue weighted by molar-refractivity contribution is 0.0600. The molecule has 1 aliphatic heterocycles. The molecule has 1 amide bonds. The van der Waals surface area contributed by atoms with E-state index in [0.717, 1.165) is 5.56 Å². The molecule has 0 N–H and O–H groups in total. The predicted octanol–water partition coefficient (Wildman–Crippen LogP) is 1.81. The van der Waals surface area contributed by atoms with Crippen LogP contribution in [0.1, 0.15) is 26.5 Å². The number of anilines is 1. The number of hydrogen-bond acceptors (Lipinski definition) is 6. The minimum Gasteiger partial charge on any atom is -0.474 e. The number of aryl methyl sites for hydroxylation is 1. The number of ether oxygens (including phenoxy) is 2. The second-order valence-electron chi connectivity index (χ2n) is 4.83. The number of aromatic nitrogens is 1. The standard InChI is InChI=1S/C15H14N2O5/c1-9-5-11-13(16-7-9)21-4-3-17(11)14(18)12-6-10(8-22-12)15(19)20-2/h5-8H,3-4H2,1-2H3. The summed E-state index contributed by atoms with van der Waals surface area (Å²) in [4.78, 5) is 29.7. The van der Waals surface area contributed by atoms with Crippen LogP contribution in [0.4, 0.5) is 5.69 Å². The molecule has 0 saturated carbocycles. The van der Waals surface area contributed by atoms with Crippen LogP contribution in [0.25, 0.3) is 0 Å². The predicted molar refractivity (Wildman–Crippen MR) is 76.2 cm³/mol. The maximum atomic E-state index is 12.6. The zero-order chi connectivity index (χ0) is 15.7. The van der Waals surface area contributed by atoms with Gasteiger partial charge < -0.3 is 13.9 Å². The largest absolute Gasteiger partial charge is 0.474 e. The summed E-state index contributed by atoms with van der Waals surface area (Å²) >= 11 is 0.